The van der Waals surface area contributed by atoms with Crippen LogP contribution in [0.4, 0.5) is 5.69 Å². The second-order valence-electron chi connectivity index (χ2n) is 4.62. The van der Waals surface area contributed by atoms with E-state index in [1.54, 1.807) is 23.1 Å². The molecule has 0 aliphatic rings. The summed E-state index contributed by atoms with van der Waals surface area (Å²) < 4.78 is 0. The fourth-order valence-electron chi connectivity index (χ4n) is 2.08. The third-order valence-corrected chi connectivity index (χ3v) is 4.76. The Balaban J connectivity index is 1.68. The fourth-order valence-corrected chi connectivity index (χ4v) is 3.12. The number of hydrogen-bond acceptors (Lipinski definition) is 4. The SMILES string of the molecule is CSc1ccc(CNc2cccc(-c3nccs3)c2)cc1. The Hall–Kier alpha value is -1.78. The maximum absolute atomic E-state index is 4.35. The molecule has 0 fully saturated rings. The van der Waals surface area contributed by atoms with Crippen molar-refractivity contribution in [3.8, 4) is 10.6 Å². The van der Waals surface area contributed by atoms with Crippen molar-refractivity contribution in [1.82, 2.24) is 4.98 Å². The molecule has 3 aromatic rings. The number of rotatable bonds is 5. The zero-order chi connectivity index (χ0) is 14.5. The maximum Gasteiger partial charge on any atom is 0.123 e. The Morgan fingerprint density at radius 3 is 2.71 bits per heavy atom. The second kappa shape index (κ2) is 6.78. The molecule has 0 saturated carbocycles. The second-order valence-corrected chi connectivity index (χ2v) is 6.39. The third-order valence-electron chi connectivity index (χ3n) is 3.20. The number of hydrogen-bond donors (Lipinski definition) is 1. The van der Waals surface area contributed by atoms with Crippen LogP contribution in [0.15, 0.2) is 65.0 Å². The number of thioether (sulfide) groups is 1. The molecule has 0 saturated heterocycles. The fraction of sp³-hybridized carbons (Fsp3) is 0.118. The van der Waals surface area contributed by atoms with Crippen LogP contribution >= 0.6 is 23.1 Å². The van der Waals surface area contributed by atoms with Crippen molar-refractivity contribution in [3.05, 3.63) is 65.7 Å². The Morgan fingerprint density at radius 1 is 1.14 bits per heavy atom. The van der Waals surface area contributed by atoms with E-state index in [4.69, 9.17) is 0 Å². The molecule has 1 aromatic heterocycles. The van der Waals surface area contributed by atoms with Gasteiger partial charge in [-0.15, -0.1) is 23.1 Å². The third kappa shape index (κ3) is 3.65. The van der Waals surface area contributed by atoms with Crippen LogP contribution in [0.25, 0.3) is 10.6 Å². The zero-order valence-corrected chi connectivity index (χ0v) is 13.4. The summed E-state index contributed by atoms with van der Waals surface area (Å²) in [7, 11) is 0. The molecule has 0 atom stereocenters. The van der Waals surface area contributed by atoms with E-state index in [1.807, 2.05) is 11.6 Å². The van der Waals surface area contributed by atoms with E-state index in [2.05, 4.69) is 65.1 Å². The standard InChI is InChI=1S/C17H16N2S2/c1-20-16-7-5-13(6-8-16)12-19-15-4-2-3-14(11-15)17-18-9-10-21-17/h2-11,19H,12H2,1H3. The van der Waals surface area contributed by atoms with Gasteiger partial charge in [0.25, 0.3) is 0 Å². The summed E-state index contributed by atoms with van der Waals surface area (Å²) in [5.74, 6) is 0. The number of thiazole rings is 1. The average molecular weight is 312 g/mol. The van der Waals surface area contributed by atoms with Crippen molar-refractivity contribution >= 4 is 28.8 Å². The first-order valence-corrected chi connectivity index (χ1v) is 8.82. The van der Waals surface area contributed by atoms with Gasteiger partial charge in [-0.2, -0.15) is 0 Å². The molecule has 1 N–H and O–H groups in total. The van der Waals surface area contributed by atoms with Gasteiger partial charge < -0.3 is 5.32 Å². The molecule has 4 heteroatoms. The van der Waals surface area contributed by atoms with E-state index in [9.17, 15) is 0 Å². The lowest BCUT2D eigenvalue weighted by Gasteiger charge is -2.08. The molecular formula is C17H16N2S2. The molecule has 2 nitrogen and oxygen atoms in total. The molecule has 0 spiro atoms. The highest BCUT2D eigenvalue weighted by molar-refractivity contribution is 7.98. The zero-order valence-electron chi connectivity index (χ0n) is 11.7. The predicted octanol–water partition coefficient (Wildman–Crippen LogP) is 5.14. The lowest BCUT2D eigenvalue weighted by molar-refractivity contribution is 1.14. The predicted molar refractivity (Wildman–Crippen MR) is 93.1 cm³/mol. The first-order chi connectivity index (χ1) is 10.3. The van der Waals surface area contributed by atoms with Gasteiger partial charge in [0.15, 0.2) is 0 Å². The van der Waals surface area contributed by atoms with Crippen LogP contribution in [0.2, 0.25) is 0 Å². The van der Waals surface area contributed by atoms with Gasteiger partial charge in [0, 0.05) is 34.3 Å². The lowest BCUT2D eigenvalue weighted by atomic mass is 10.2. The number of anilines is 1. The molecule has 0 amide bonds. The van der Waals surface area contributed by atoms with E-state index in [0.29, 0.717) is 0 Å². The van der Waals surface area contributed by atoms with Crippen molar-refractivity contribution in [1.29, 1.82) is 0 Å². The summed E-state index contributed by atoms with van der Waals surface area (Å²) in [5, 5.41) is 6.53. The summed E-state index contributed by atoms with van der Waals surface area (Å²) in [6.07, 6.45) is 3.94. The van der Waals surface area contributed by atoms with E-state index in [-0.39, 0.29) is 0 Å². The Labute approximate surface area is 133 Å². The highest BCUT2D eigenvalue weighted by Gasteiger charge is 2.01. The molecule has 1 heterocycles. The first kappa shape index (κ1) is 14.2. The highest BCUT2D eigenvalue weighted by atomic mass is 32.2. The minimum absolute atomic E-state index is 0.829. The van der Waals surface area contributed by atoms with Gasteiger partial charge in [-0.3, -0.25) is 0 Å². The van der Waals surface area contributed by atoms with Gasteiger partial charge >= 0.3 is 0 Å². The van der Waals surface area contributed by atoms with E-state index in [1.165, 1.54) is 10.5 Å². The molecule has 0 aliphatic carbocycles. The summed E-state index contributed by atoms with van der Waals surface area (Å²) in [5.41, 5.74) is 3.57. The molecule has 0 bridgehead atoms. The van der Waals surface area contributed by atoms with Crippen molar-refractivity contribution < 1.29 is 0 Å². The minimum atomic E-state index is 0.829. The van der Waals surface area contributed by atoms with Gasteiger partial charge in [-0.25, -0.2) is 4.98 Å². The number of nitrogens with one attached hydrogen (secondary N) is 1. The molecule has 2 aromatic carbocycles. The number of nitrogens with zero attached hydrogens (tertiary/aromatic N) is 1. The topological polar surface area (TPSA) is 24.9 Å². The van der Waals surface area contributed by atoms with Crippen LogP contribution in [0.5, 0.6) is 0 Å². The normalized spacial score (nSPS) is 10.5. The largest absolute Gasteiger partial charge is 0.381 e. The van der Waals surface area contributed by atoms with Crippen LogP contribution in [-0.4, -0.2) is 11.2 Å². The number of aromatic nitrogens is 1. The monoisotopic (exact) mass is 312 g/mol. The van der Waals surface area contributed by atoms with Crippen LogP contribution in [0.1, 0.15) is 5.56 Å². The molecule has 3 rings (SSSR count). The van der Waals surface area contributed by atoms with Crippen LogP contribution in [0.3, 0.4) is 0 Å². The molecule has 21 heavy (non-hydrogen) atoms. The van der Waals surface area contributed by atoms with E-state index < -0.39 is 0 Å². The van der Waals surface area contributed by atoms with Crippen molar-refractivity contribution in [2.24, 2.45) is 0 Å². The Bertz CT molecular complexity index is 691. The van der Waals surface area contributed by atoms with E-state index in [0.717, 1.165) is 22.8 Å². The molecule has 0 aliphatic heterocycles. The van der Waals surface area contributed by atoms with Gasteiger partial charge in [0.2, 0.25) is 0 Å². The summed E-state index contributed by atoms with van der Waals surface area (Å²) in [6, 6.07) is 17.1. The van der Waals surface area contributed by atoms with Crippen LogP contribution in [0, 0.1) is 0 Å². The summed E-state index contributed by atoms with van der Waals surface area (Å²) >= 11 is 3.43. The molecule has 0 unspecified atom stereocenters. The maximum atomic E-state index is 4.35. The summed E-state index contributed by atoms with van der Waals surface area (Å²) in [6.45, 7) is 0.829. The van der Waals surface area contributed by atoms with Gasteiger partial charge in [-0.05, 0) is 36.1 Å². The average Bonchev–Trinajstić information content (AvgIpc) is 3.08. The highest BCUT2D eigenvalue weighted by Crippen LogP contribution is 2.24. The van der Waals surface area contributed by atoms with Gasteiger partial charge in [0.05, 0.1) is 0 Å². The molecule has 0 radical (unpaired) electrons. The van der Waals surface area contributed by atoms with Gasteiger partial charge in [0.1, 0.15) is 5.01 Å². The van der Waals surface area contributed by atoms with Crippen molar-refractivity contribution in [3.63, 3.8) is 0 Å². The first-order valence-electron chi connectivity index (χ1n) is 6.72. The van der Waals surface area contributed by atoms with Gasteiger partial charge in [-0.1, -0.05) is 24.3 Å². The Morgan fingerprint density at radius 2 is 2.00 bits per heavy atom. The molecular weight excluding hydrogens is 296 g/mol. The van der Waals surface area contributed by atoms with Crippen LogP contribution < -0.4 is 5.32 Å². The molecule has 106 valence electrons. The lowest BCUT2D eigenvalue weighted by Crippen LogP contribution is -1.99. The van der Waals surface area contributed by atoms with E-state index >= 15 is 0 Å². The summed E-state index contributed by atoms with van der Waals surface area (Å²) in [4.78, 5) is 5.65. The minimum Gasteiger partial charge on any atom is -0.381 e. The number of benzene rings is 2. The smallest absolute Gasteiger partial charge is 0.123 e. The van der Waals surface area contributed by atoms with Crippen LogP contribution in [-0.2, 0) is 6.54 Å². The quantitative estimate of drug-likeness (QED) is 0.660. The van der Waals surface area contributed by atoms with Crippen molar-refractivity contribution in [2.45, 2.75) is 11.4 Å². The Kier molecular flexibility index (Phi) is 4.58. The van der Waals surface area contributed by atoms with Crippen molar-refractivity contribution in [2.75, 3.05) is 11.6 Å².